The fourth-order valence-corrected chi connectivity index (χ4v) is 4.21. The highest BCUT2D eigenvalue weighted by atomic mass is 19.2. The molecule has 140 valence electrons. The molecular formula is C24H23F3. The Labute approximate surface area is 158 Å². The van der Waals surface area contributed by atoms with Crippen LogP contribution in [0.15, 0.2) is 42.5 Å². The minimum absolute atomic E-state index is 0.200. The van der Waals surface area contributed by atoms with Crippen LogP contribution in [0.3, 0.4) is 0 Å². The van der Waals surface area contributed by atoms with Crippen molar-refractivity contribution < 1.29 is 13.2 Å². The lowest BCUT2D eigenvalue weighted by atomic mass is 9.79. The number of aryl methyl sites for hydroxylation is 1. The van der Waals surface area contributed by atoms with E-state index < -0.39 is 17.5 Å². The molecule has 3 aromatic carbocycles. The van der Waals surface area contributed by atoms with Crippen molar-refractivity contribution in [3.8, 4) is 0 Å². The van der Waals surface area contributed by atoms with E-state index in [1.165, 1.54) is 40.8 Å². The van der Waals surface area contributed by atoms with Gasteiger partial charge in [-0.1, -0.05) is 49.7 Å². The smallest absolute Gasteiger partial charge is 0.194 e. The van der Waals surface area contributed by atoms with Crippen molar-refractivity contribution in [3.63, 3.8) is 0 Å². The summed E-state index contributed by atoms with van der Waals surface area (Å²) >= 11 is 0. The highest BCUT2D eigenvalue weighted by Crippen LogP contribution is 2.36. The molecule has 0 nitrogen and oxygen atoms in total. The van der Waals surface area contributed by atoms with Crippen LogP contribution >= 0.6 is 0 Å². The fraction of sp³-hybridized carbons (Fsp3) is 0.333. The van der Waals surface area contributed by atoms with Crippen molar-refractivity contribution in [2.24, 2.45) is 0 Å². The largest absolute Gasteiger partial charge is 0.204 e. The van der Waals surface area contributed by atoms with Crippen LogP contribution in [-0.2, 0) is 19.3 Å². The van der Waals surface area contributed by atoms with Crippen molar-refractivity contribution in [3.05, 3.63) is 82.2 Å². The predicted octanol–water partition coefficient (Wildman–Crippen LogP) is 6.87. The third-order valence-corrected chi connectivity index (χ3v) is 5.78. The summed E-state index contributed by atoms with van der Waals surface area (Å²) < 4.78 is 41.1. The van der Waals surface area contributed by atoms with Crippen LogP contribution in [0.5, 0.6) is 0 Å². The van der Waals surface area contributed by atoms with Gasteiger partial charge in [0, 0.05) is 0 Å². The van der Waals surface area contributed by atoms with Gasteiger partial charge in [-0.2, -0.15) is 0 Å². The van der Waals surface area contributed by atoms with E-state index in [4.69, 9.17) is 0 Å². The lowest BCUT2D eigenvalue weighted by Crippen LogP contribution is -2.16. The molecule has 0 radical (unpaired) electrons. The second-order valence-corrected chi connectivity index (χ2v) is 7.61. The Balaban J connectivity index is 1.61. The third-order valence-electron chi connectivity index (χ3n) is 5.78. The van der Waals surface area contributed by atoms with Gasteiger partial charge in [-0.05, 0) is 77.1 Å². The van der Waals surface area contributed by atoms with Gasteiger partial charge in [0.05, 0.1) is 0 Å². The number of benzene rings is 3. The van der Waals surface area contributed by atoms with E-state index in [1.54, 1.807) is 0 Å². The van der Waals surface area contributed by atoms with Crippen LogP contribution in [0.1, 0.15) is 54.4 Å². The Kier molecular flexibility index (Phi) is 4.94. The maximum Gasteiger partial charge on any atom is 0.194 e. The molecule has 27 heavy (non-hydrogen) atoms. The monoisotopic (exact) mass is 368 g/mol. The third kappa shape index (κ3) is 3.47. The first-order valence-corrected chi connectivity index (χ1v) is 9.74. The van der Waals surface area contributed by atoms with Gasteiger partial charge in [-0.3, -0.25) is 0 Å². The number of rotatable bonds is 4. The molecule has 0 N–H and O–H groups in total. The van der Waals surface area contributed by atoms with Crippen molar-refractivity contribution in [1.82, 2.24) is 0 Å². The Hall–Kier alpha value is -2.29. The highest BCUT2D eigenvalue weighted by Gasteiger charge is 2.26. The second-order valence-electron chi connectivity index (χ2n) is 7.61. The van der Waals surface area contributed by atoms with E-state index in [0.717, 1.165) is 12.8 Å². The Morgan fingerprint density at radius 2 is 1.70 bits per heavy atom. The molecule has 0 spiro atoms. The number of hydrogen-bond donors (Lipinski definition) is 0. The Morgan fingerprint density at radius 3 is 2.52 bits per heavy atom. The topological polar surface area (TPSA) is 0 Å². The number of unbranched alkanes of at least 4 members (excludes halogenated alkanes) is 1. The van der Waals surface area contributed by atoms with E-state index in [0.29, 0.717) is 24.0 Å². The minimum atomic E-state index is -1.35. The predicted molar refractivity (Wildman–Crippen MR) is 104 cm³/mol. The summed E-state index contributed by atoms with van der Waals surface area (Å²) in [4.78, 5) is 0. The molecule has 0 fully saturated rings. The first kappa shape index (κ1) is 18.1. The summed E-state index contributed by atoms with van der Waals surface area (Å²) in [6.45, 7) is 2.20. The second kappa shape index (κ2) is 7.38. The normalized spacial score (nSPS) is 16.5. The molecule has 1 unspecified atom stereocenters. The molecule has 0 aromatic heterocycles. The van der Waals surface area contributed by atoms with Crippen LogP contribution in [-0.4, -0.2) is 0 Å². The molecule has 3 aromatic rings. The van der Waals surface area contributed by atoms with E-state index in [-0.39, 0.29) is 5.92 Å². The molecule has 1 aliphatic carbocycles. The summed E-state index contributed by atoms with van der Waals surface area (Å²) in [5.41, 5.74) is 3.47. The SMILES string of the molecule is CCCCc1ccc2cc(C3CCc4c(cc(F)c(F)c4F)C3)ccc2c1. The molecule has 0 aliphatic heterocycles. The minimum Gasteiger partial charge on any atom is -0.204 e. The van der Waals surface area contributed by atoms with Crippen LogP contribution in [0.2, 0.25) is 0 Å². The van der Waals surface area contributed by atoms with E-state index in [9.17, 15) is 13.2 Å². The summed E-state index contributed by atoms with van der Waals surface area (Å²) in [7, 11) is 0. The zero-order chi connectivity index (χ0) is 19.0. The maximum absolute atomic E-state index is 14.0. The molecule has 0 saturated heterocycles. The molecular weight excluding hydrogens is 345 g/mol. The van der Waals surface area contributed by atoms with Gasteiger partial charge >= 0.3 is 0 Å². The van der Waals surface area contributed by atoms with Crippen molar-refractivity contribution in [1.29, 1.82) is 0 Å². The van der Waals surface area contributed by atoms with Gasteiger partial charge in [-0.25, -0.2) is 13.2 Å². The van der Waals surface area contributed by atoms with E-state index in [2.05, 4.69) is 43.3 Å². The lowest BCUT2D eigenvalue weighted by Gasteiger charge is -2.26. The van der Waals surface area contributed by atoms with Crippen molar-refractivity contribution in [2.75, 3.05) is 0 Å². The average Bonchev–Trinajstić information content (AvgIpc) is 2.69. The van der Waals surface area contributed by atoms with Crippen LogP contribution in [0.25, 0.3) is 10.8 Å². The quantitative estimate of drug-likeness (QED) is 0.441. The molecule has 1 aliphatic rings. The van der Waals surface area contributed by atoms with E-state index in [1.807, 2.05) is 0 Å². The number of hydrogen-bond acceptors (Lipinski definition) is 0. The van der Waals surface area contributed by atoms with Gasteiger partial charge in [-0.15, -0.1) is 0 Å². The standard InChI is InChI=1S/C24H23F3/c1-2-3-4-15-5-6-17-12-18(8-7-16(17)11-15)19-9-10-21-20(13-19)14-22(25)24(27)23(21)26/h5-8,11-12,14,19H,2-4,9-10,13H2,1H3. The van der Waals surface area contributed by atoms with Gasteiger partial charge in [0.25, 0.3) is 0 Å². The summed E-state index contributed by atoms with van der Waals surface area (Å²) in [5.74, 6) is -3.26. The fourth-order valence-electron chi connectivity index (χ4n) is 4.21. The molecule has 0 bridgehead atoms. The van der Waals surface area contributed by atoms with Gasteiger partial charge in [0.15, 0.2) is 17.5 Å². The first-order chi connectivity index (χ1) is 13.1. The zero-order valence-electron chi connectivity index (χ0n) is 15.5. The van der Waals surface area contributed by atoms with Crippen LogP contribution < -0.4 is 0 Å². The van der Waals surface area contributed by atoms with Gasteiger partial charge < -0.3 is 0 Å². The van der Waals surface area contributed by atoms with Crippen molar-refractivity contribution in [2.45, 2.75) is 51.4 Å². The zero-order valence-corrected chi connectivity index (χ0v) is 15.5. The van der Waals surface area contributed by atoms with Gasteiger partial charge in [0.2, 0.25) is 0 Å². The number of halogens is 3. The highest BCUT2D eigenvalue weighted by molar-refractivity contribution is 5.84. The van der Waals surface area contributed by atoms with Crippen molar-refractivity contribution >= 4 is 10.8 Å². The summed E-state index contributed by atoms with van der Waals surface area (Å²) in [6.07, 6.45) is 5.21. The first-order valence-electron chi connectivity index (χ1n) is 9.74. The summed E-state index contributed by atoms with van der Waals surface area (Å²) in [5, 5.41) is 2.41. The summed E-state index contributed by atoms with van der Waals surface area (Å²) in [6, 6.07) is 14.2. The molecule has 0 saturated carbocycles. The molecule has 0 amide bonds. The van der Waals surface area contributed by atoms with Crippen LogP contribution in [0, 0.1) is 17.5 Å². The lowest BCUT2D eigenvalue weighted by molar-refractivity contribution is 0.428. The molecule has 4 rings (SSSR count). The van der Waals surface area contributed by atoms with E-state index >= 15 is 0 Å². The molecule has 0 heterocycles. The number of fused-ring (bicyclic) bond motifs is 2. The molecule has 1 atom stereocenters. The van der Waals surface area contributed by atoms with Gasteiger partial charge in [0.1, 0.15) is 0 Å². The maximum atomic E-state index is 14.0. The molecule has 3 heteroatoms. The van der Waals surface area contributed by atoms with Crippen LogP contribution in [0.4, 0.5) is 13.2 Å². The average molecular weight is 368 g/mol. The Morgan fingerprint density at radius 1 is 0.926 bits per heavy atom. The Bertz CT molecular complexity index is 991.